The Labute approximate surface area is 155 Å². The zero-order chi connectivity index (χ0) is 18.2. The zero-order valence-corrected chi connectivity index (χ0v) is 15.8. The number of rotatable bonds is 5. The lowest BCUT2D eigenvalue weighted by Crippen LogP contribution is -2.42. The molecule has 5 heteroatoms. The van der Waals surface area contributed by atoms with E-state index >= 15 is 0 Å². The summed E-state index contributed by atoms with van der Waals surface area (Å²) in [6.45, 7) is 4.42. The van der Waals surface area contributed by atoms with E-state index < -0.39 is 11.5 Å². The molecule has 2 aromatic carbocycles. The van der Waals surface area contributed by atoms with Crippen LogP contribution in [0.25, 0.3) is 0 Å². The first-order chi connectivity index (χ1) is 11.9. The number of anilines is 1. The Morgan fingerprint density at radius 3 is 2.52 bits per heavy atom. The molecule has 0 saturated heterocycles. The molecule has 0 aromatic heterocycles. The van der Waals surface area contributed by atoms with Crippen LogP contribution in [0.4, 0.5) is 5.69 Å². The van der Waals surface area contributed by atoms with Gasteiger partial charge in [0.05, 0.1) is 12.1 Å². The Morgan fingerprint density at radius 1 is 1.20 bits per heavy atom. The lowest BCUT2D eigenvalue weighted by atomic mass is 9.88. The highest BCUT2D eigenvalue weighted by atomic mass is 79.9. The van der Waals surface area contributed by atoms with E-state index in [0.717, 1.165) is 16.5 Å². The van der Waals surface area contributed by atoms with Gasteiger partial charge in [-0.15, -0.1) is 0 Å². The summed E-state index contributed by atoms with van der Waals surface area (Å²) in [5, 5.41) is 11.2. The summed E-state index contributed by atoms with van der Waals surface area (Å²) < 4.78 is 0.763. The number of carbonyl (C=O) groups excluding carboxylic acids is 2. The van der Waals surface area contributed by atoms with Crippen molar-refractivity contribution in [1.82, 2.24) is 0 Å². The number of carbonyl (C=O) groups is 2. The van der Waals surface area contributed by atoms with E-state index in [2.05, 4.69) is 15.9 Å². The van der Waals surface area contributed by atoms with Gasteiger partial charge in [0.25, 0.3) is 5.91 Å². The fraction of sp³-hybridized carbons (Fsp3) is 0.300. The van der Waals surface area contributed by atoms with Crippen LogP contribution in [0.3, 0.4) is 0 Å². The van der Waals surface area contributed by atoms with E-state index in [-0.39, 0.29) is 12.2 Å². The monoisotopic (exact) mass is 401 g/mol. The lowest BCUT2D eigenvalue weighted by molar-refractivity contribution is -0.135. The smallest absolute Gasteiger partial charge is 0.264 e. The molecule has 1 atom stereocenters. The molecule has 0 saturated carbocycles. The number of nitrogens with zero attached hydrogens (tertiary/aromatic N) is 1. The predicted octanol–water partition coefficient (Wildman–Crippen LogP) is 3.97. The van der Waals surface area contributed by atoms with Crippen LogP contribution in [-0.4, -0.2) is 23.3 Å². The highest BCUT2D eigenvalue weighted by Gasteiger charge is 2.50. The van der Waals surface area contributed by atoms with Crippen molar-refractivity contribution in [2.75, 3.05) is 11.4 Å². The molecule has 0 bridgehead atoms. The van der Waals surface area contributed by atoms with Crippen LogP contribution in [0.2, 0.25) is 0 Å². The standard InChI is InChI=1S/C20H20BrNO3/c1-3-10-22-17-9-8-15(21)11-16(17)20(25,19(22)24)12-18(23)14-6-4-13(2)5-7-14/h4-9,11,25H,3,10,12H2,1-2H3/t20-/m0/s1. The van der Waals surface area contributed by atoms with E-state index in [1.807, 2.05) is 32.0 Å². The van der Waals surface area contributed by atoms with Crippen LogP contribution in [0.15, 0.2) is 46.9 Å². The molecule has 2 aromatic rings. The number of benzene rings is 2. The average molecular weight is 402 g/mol. The quantitative estimate of drug-likeness (QED) is 0.770. The molecule has 4 nitrogen and oxygen atoms in total. The minimum Gasteiger partial charge on any atom is -0.375 e. The van der Waals surface area contributed by atoms with E-state index in [0.29, 0.717) is 23.4 Å². The fourth-order valence-electron chi connectivity index (χ4n) is 3.21. The SMILES string of the molecule is CCCN1C(=O)[C@](O)(CC(=O)c2ccc(C)cc2)c2cc(Br)ccc21. The molecule has 1 heterocycles. The van der Waals surface area contributed by atoms with Crippen molar-refractivity contribution in [3.8, 4) is 0 Å². The number of aryl methyl sites for hydroxylation is 1. The molecule has 0 radical (unpaired) electrons. The Bertz CT molecular complexity index is 831. The normalized spacial score (nSPS) is 19.2. The molecular formula is C20H20BrNO3. The van der Waals surface area contributed by atoms with Crippen molar-refractivity contribution in [3.63, 3.8) is 0 Å². The van der Waals surface area contributed by atoms with Crippen molar-refractivity contribution in [1.29, 1.82) is 0 Å². The number of ketones is 1. The second-order valence-corrected chi connectivity index (χ2v) is 7.36. The fourth-order valence-corrected chi connectivity index (χ4v) is 3.57. The van der Waals surface area contributed by atoms with Crippen molar-refractivity contribution in [3.05, 3.63) is 63.6 Å². The summed E-state index contributed by atoms with van der Waals surface area (Å²) in [6.07, 6.45) is 0.502. The number of aliphatic hydroxyl groups is 1. The van der Waals surface area contributed by atoms with Crippen molar-refractivity contribution in [2.45, 2.75) is 32.3 Å². The molecule has 1 aliphatic heterocycles. The number of Topliss-reactive ketones (excluding diaryl/α,β-unsaturated/α-hetero) is 1. The van der Waals surface area contributed by atoms with Gasteiger partial charge in [-0.1, -0.05) is 52.7 Å². The van der Waals surface area contributed by atoms with Gasteiger partial charge in [0.1, 0.15) is 0 Å². The van der Waals surface area contributed by atoms with Crippen LogP contribution in [-0.2, 0) is 10.4 Å². The Morgan fingerprint density at radius 2 is 1.88 bits per heavy atom. The lowest BCUT2D eigenvalue weighted by Gasteiger charge is -2.22. The summed E-state index contributed by atoms with van der Waals surface area (Å²) >= 11 is 3.39. The maximum absolute atomic E-state index is 12.9. The van der Waals surface area contributed by atoms with Crippen molar-refractivity contribution < 1.29 is 14.7 Å². The molecule has 0 aliphatic carbocycles. The van der Waals surface area contributed by atoms with E-state index in [4.69, 9.17) is 0 Å². The molecule has 25 heavy (non-hydrogen) atoms. The molecular weight excluding hydrogens is 382 g/mol. The Balaban J connectivity index is 1.99. The van der Waals surface area contributed by atoms with Crippen molar-refractivity contribution >= 4 is 33.3 Å². The second kappa shape index (κ2) is 6.73. The van der Waals surface area contributed by atoms with Gasteiger partial charge in [-0.05, 0) is 31.5 Å². The maximum atomic E-state index is 12.9. The van der Waals surface area contributed by atoms with Gasteiger partial charge >= 0.3 is 0 Å². The Kier molecular flexibility index (Phi) is 4.80. The summed E-state index contributed by atoms with van der Waals surface area (Å²) in [7, 11) is 0. The molecule has 3 rings (SSSR count). The summed E-state index contributed by atoms with van der Waals surface area (Å²) in [5.41, 5.74) is 0.888. The zero-order valence-electron chi connectivity index (χ0n) is 14.3. The average Bonchev–Trinajstić information content (AvgIpc) is 2.77. The number of hydrogen-bond acceptors (Lipinski definition) is 3. The predicted molar refractivity (Wildman–Crippen MR) is 101 cm³/mol. The third kappa shape index (κ3) is 3.14. The number of hydrogen-bond donors (Lipinski definition) is 1. The van der Waals surface area contributed by atoms with E-state index in [1.165, 1.54) is 0 Å². The van der Waals surface area contributed by atoms with Gasteiger partial charge in [-0.3, -0.25) is 9.59 Å². The van der Waals surface area contributed by atoms with Gasteiger partial charge in [0.15, 0.2) is 11.4 Å². The molecule has 1 aliphatic rings. The molecule has 0 fully saturated rings. The highest BCUT2D eigenvalue weighted by molar-refractivity contribution is 9.10. The van der Waals surface area contributed by atoms with Crippen LogP contribution in [0.1, 0.15) is 41.3 Å². The third-order valence-corrected chi connectivity index (χ3v) is 5.02. The third-order valence-electron chi connectivity index (χ3n) is 4.53. The highest BCUT2D eigenvalue weighted by Crippen LogP contribution is 2.44. The second-order valence-electron chi connectivity index (χ2n) is 6.44. The molecule has 0 unspecified atom stereocenters. The first-order valence-electron chi connectivity index (χ1n) is 8.31. The van der Waals surface area contributed by atoms with Crippen LogP contribution in [0.5, 0.6) is 0 Å². The van der Waals surface area contributed by atoms with Gasteiger partial charge in [0.2, 0.25) is 0 Å². The van der Waals surface area contributed by atoms with E-state index in [1.54, 1.807) is 29.2 Å². The molecule has 1 N–H and O–H groups in total. The summed E-state index contributed by atoms with van der Waals surface area (Å²) in [4.78, 5) is 27.2. The molecule has 130 valence electrons. The maximum Gasteiger partial charge on any atom is 0.264 e. The van der Waals surface area contributed by atoms with Gasteiger partial charge in [-0.2, -0.15) is 0 Å². The number of halogens is 1. The minimum absolute atomic E-state index is 0.250. The van der Waals surface area contributed by atoms with Crippen LogP contribution in [0, 0.1) is 6.92 Å². The number of fused-ring (bicyclic) bond motifs is 1. The first kappa shape index (κ1) is 17.8. The van der Waals surface area contributed by atoms with Gasteiger partial charge in [-0.25, -0.2) is 0 Å². The van der Waals surface area contributed by atoms with E-state index in [9.17, 15) is 14.7 Å². The van der Waals surface area contributed by atoms with Crippen LogP contribution >= 0.6 is 15.9 Å². The van der Waals surface area contributed by atoms with Gasteiger partial charge < -0.3 is 10.0 Å². The van der Waals surface area contributed by atoms with Crippen molar-refractivity contribution in [2.24, 2.45) is 0 Å². The summed E-state index contributed by atoms with van der Waals surface area (Å²) in [6, 6.07) is 12.5. The minimum atomic E-state index is -1.82. The topological polar surface area (TPSA) is 57.6 Å². The Hall–Kier alpha value is -1.98. The first-order valence-corrected chi connectivity index (χ1v) is 9.10. The van der Waals surface area contributed by atoms with Crippen LogP contribution < -0.4 is 4.90 Å². The summed E-state index contributed by atoms with van der Waals surface area (Å²) in [5.74, 6) is -0.678. The largest absolute Gasteiger partial charge is 0.375 e. The molecule has 1 amide bonds. The number of amides is 1. The van der Waals surface area contributed by atoms with Gasteiger partial charge in [0, 0.05) is 22.1 Å². The molecule has 0 spiro atoms.